The summed E-state index contributed by atoms with van der Waals surface area (Å²) in [5, 5.41) is 3.03. The van der Waals surface area contributed by atoms with Gasteiger partial charge in [-0.1, -0.05) is 12.8 Å². The lowest BCUT2D eigenvalue weighted by Crippen LogP contribution is -2.32. The van der Waals surface area contributed by atoms with E-state index in [1.807, 2.05) is 0 Å². The number of carbonyl (C=O) groups is 1. The van der Waals surface area contributed by atoms with Crippen molar-refractivity contribution in [2.75, 3.05) is 20.1 Å². The highest BCUT2D eigenvalue weighted by Crippen LogP contribution is 2.26. The van der Waals surface area contributed by atoms with Gasteiger partial charge in [0, 0.05) is 25.0 Å². The van der Waals surface area contributed by atoms with Crippen molar-refractivity contribution in [1.82, 2.24) is 10.2 Å². The van der Waals surface area contributed by atoms with E-state index in [0.717, 1.165) is 38.8 Å². The standard InChI is InChI=1S/C16H33N3O/c1-13(2)19(3)11-5-10-18-16(20)9-8-14-6-4-7-15(17)12-14/h13-15H,4-12,17H2,1-3H3,(H,18,20). The molecule has 0 heterocycles. The minimum atomic E-state index is 0.205. The third kappa shape index (κ3) is 7.25. The van der Waals surface area contributed by atoms with Crippen LogP contribution >= 0.6 is 0 Å². The summed E-state index contributed by atoms with van der Waals surface area (Å²) in [4.78, 5) is 14.1. The molecular weight excluding hydrogens is 250 g/mol. The second kappa shape index (κ2) is 9.35. The van der Waals surface area contributed by atoms with E-state index < -0.39 is 0 Å². The first kappa shape index (κ1) is 17.4. The molecule has 1 saturated carbocycles. The molecule has 0 aliphatic heterocycles. The van der Waals surface area contributed by atoms with Gasteiger partial charge >= 0.3 is 0 Å². The van der Waals surface area contributed by atoms with Crippen molar-refractivity contribution < 1.29 is 4.79 Å². The van der Waals surface area contributed by atoms with E-state index in [2.05, 4.69) is 31.1 Å². The molecule has 4 nitrogen and oxygen atoms in total. The number of amides is 1. The highest BCUT2D eigenvalue weighted by molar-refractivity contribution is 5.75. The number of carbonyl (C=O) groups excluding carboxylic acids is 1. The third-order valence-corrected chi connectivity index (χ3v) is 4.49. The van der Waals surface area contributed by atoms with E-state index in [9.17, 15) is 4.79 Å². The first-order chi connectivity index (χ1) is 9.49. The topological polar surface area (TPSA) is 58.4 Å². The van der Waals surface area contributed by atoms with Gasteiger partial charge in [0.1, 0.15) is 0 Å². The number of rotatable bonds is 8. The van der Waals surface area contributed by atoms with E-state index in [-0.39, 0.29) is 5.91 Å². The molecule has 0 bridgehead atoms. The molecule has 1 aliphatic carbocycles. The average Bonchev–Trinajstić information content (AvgIpc) is 2.41. The molecule has 2 atom stereocenters. The second-order valence-electron chi connectivity index (χ2n) is 6.61. The van der Waals surface area contributed by atoms with E-state index >= 15 is 0 Å². The number of hydrogen-bond acceptors (Lipinski definition) is 3. The third-order valence-electron chi connectivity index (χ3n) is 4.49. The number of hydrogen-bond donors (Lipinski definition) is 2. The average molecular weight is 283 g/mol. The van der Waals surface area contributed by atoms with Crippen molar-refractivity contribution in [3.8, 4) is 0 Å². The van der Waals surface area contributed by atoms with Crippen molar-refractivity contribution in [1.29, 1.82) is 0 Å². The Labute approximate surface area is 124 Å². The maximum absolute atomic E-state index is 11.8. The lowest BCUT2D eigenvalue weighted by molar-refractivity contribution is -0.121. The Morgan fingerprint density at radius 3 is 2.80 bits per heavy atom. The molecule has 0 saturated heterocycles. The summed E-state index contributed by atoms with van der Waals surface area (Å²) in [7, 11) is 2.12. The zero-order valence-corrected chi connectivity index (χ0v) is 13.5. The maximum atomic E-state index is 11.8. The summed E-state index contributed by atoms with van der Waals surface area (Å²) in [6.45, 7) is 6.20. The second-order valence-corrected chi connectivity index (χ2v) is 6.61. The molecule has 1 amide bonds. The quantitative estimate of drug-likeness (QED) is 0.671. The molecule has 0 aromatic carbocycles. The summed E-state index contributed by atoms with van der Waals surface area (Å²) in [5.41, 5.74) is 5.98. The van der Waals surface area contributed by atoms with Gasteiger partial charge in [0.25, 0.3) is 0 Å². The predicted octanol–water partition coefficient (Wildman–Crippen LogP) is 2.13. The molecule has 0 aromatic rings. The monoisotopic (exact) mass is 283 g/mol. The van der Waals surface area contributed by atoms with Gasteiger partial charge in [-0.15, -0.1) is 0 Å². The number of nitrogens with zero attached hydrogens (tertiary/aromatic N) is 1. The molecule has 3 N–H and O–H groups in total. The van der Waals surface area contributed by atoms with Crippen LogP contribution in [-0.4, -0.2) is 43.0 Å². The van der Waals surface area contributed by atoms with Crippen LogP contribution in [0.3, 0.4) is 0 Å². The van der Waals surface area contributed by atoms with Gasteiger partial charge in [0.05, 0.1) is 0 Å². The first-order valence-corrected chi connectivity index (χ1v) is 8.21. The minimum Gasteiger partial charge on any atom is -0.356 e. The van der Waals surface area contributed by atoms with Crippen LogP contribution in [-0.2, 0) is 4.79 Å². The molecule has 2 unspecified atom stereocenters. The summed E-state index contributed by atoms with van der Waals surface area (Å²) in [5.74, 6) is 0.868. The summed E-state index contributed by atoms with van der Waals surface area (Å²) in [6, 6.07) is 0.935. The molecule has 1 fully saturated rings. The fourth-order valence-corrected chi connectivity index (χ4v) is 2.83. The summed E-state index contributed by atoms with van der Waals surface area (Å²) < 4.78 is 0. The van der Waals surface area contributed by atoms with Crippen molar-refractivity contribution in [3.05, 3.63) is 0 Å². The Bertz CT molecular complexity index is 281. The van der Waals surface area contributed by atoms with Crippen molar-refractivity contribution in [2.24, 2.45) is 11.7 Å². The van der Waals surface area contributed by atoms with Crippen molar-refractivity contribution in [3.63, 3.8) is 0 Å². The van der Waals surface area contributed by atoms with Gasteiger partial charge < -0.3 is 16.0 Å². The van der Waals surface area contributed by atoms with E-state index in [1.165, 1.54) is 12.8 Å². The molecule has 0 spiro atoms. The zero-order chi connectivity index (χ0) is 15.0. The van der Waals surface area contributed by atoms with Crippen LogP contribution in [0.15, 0.2) is 0 Å². The van der Waals surface area contributed by atoms with Crippen LogP contribution in [0, 0.1) is 5.92 Å². The van der Waals surface area contributed by atoms with E-state index in [0.29, 0.717) is 24.4 Å². The fraction of sp³-hybridized carbons (Fsp3) is 0.938. The molecular formula is C16H33N3O. The van der Waals surface area contributed by atoms with Crippen LogP contribution in [0.1, 0.15) is 58.8 Å². The zero-order valence-electron chi connectivity index (χ0n) is 13.5. The molecule has 4 heteroatoms. The van der Waals surface area contributed by atoms with Gasteiger partial charge in [0.15, 0.2) is 0 Å². The van der Waals surface area contributed by atoms with Crippen molar-refractivity contribution >= 4 is 5.91 Å². The predicted molar refractivity (Wildman–Crippen MR) is 84.6 cm³/mol. The highest BCUT2D eigenvalue weighted by atomic mass is 16.1. The molecule has 1 rings (SSSR count). The van der Waals surface area contributed by atoms with Crippen molar-refractivity contribution in [2.45, 2.75) is 70.9 Å². The fourth-order valence-electron chi connectivity index (χ4n) is 2.83. The smallest absolute Gasteiger partial charge is 0.220 e. The summed E-state index contributed by atoms with van der Waals surface area (Å²) >= 11 is 0. The van der Waals surface area contributed by atoms with Crippen LogP contribution in [0.25, 0.3) is 0 Å². The molecule has 118 valence electrons. The van der Waals surface area contributed by atoms with Gasteiger partial charge in [-0.2, -0.15) is 0 Å². The largest absolute Gasteiger partial charge is 0.356 e. The Balaban J connectivity index is 2.03. The number of nitrogens with one attached hydrogen (secondary N) is 1. The SMILES string of the molecule is CC(C)N(C)CCCNC(=O)CCC1CCCC(N)C1. The van der Waals surface area contributed by atoms with Gasteiger partial charge in [-0.3, -0.25) is 4.79 Å². The van der Waals surface area contributed by atoms with E-state index in [4.69, 9.17) is 5.73 Å². The molecule has 0 aromatic heterocycles. The van der Waals surface area contributed by atoms with Crippen LogP contribution in [0.2, 0.25) is 0 Å². The maximum Gasteiger partial charge on any atom is 0.220 e. The van der Waals surface area contributed by atoms with Gasteiger partial charge in [-0.05, 0) is 59.0 Å². The molecule has 0 radical (unpaired) electrons. The Morgan fingerprint density at radius 1 is 1.40 bits per heavy atom. The lowest BCUT2D eigenvalue weighted by Gasteiger charge is -2.26. The Kier molecular flexibility index (Phi) is 8.15. The van der Waals surface area contributed by atoms with Crippen LogP contribution in [0.4, 0.5) is 0 Å². The minimum absolute atomic E-state index is 0.205. The molecule has 20 heavy (non-hydrogen) atoms. The lowest BCUT2D eigenvalue weighted by atomic mass is 9.83. The van der Waals surface area contributed by atoms with Gasteiger partial charge in [0.2, 0.25) is 5.91 Å². The summed E-state index contributed by atoms with van der Waals surface area (Å²) in [6.07, 6.45) is 7.44. The normalized spacial score (nSPS) is 23.3. The Morgan fingerprint density at radius 2 is 2.15 bits per heavy atom. The number of nitrogens with two attached hydrogens (primary N) is 1. The van der Waals surface area contributed by atoms with Crippen LogP contribution in [0.5, 0.6) is 0 Å². The Hall–Kier alpha value is -0.610. The van der Waals surface area contributed by atoms with E-state index in [1.54, 1.807) is 0 Å². The van der Waals surface area contributed by atoms with Gasteiger partial charge in [-0.25, -0.2) is 0 Å². The first-order valence-electron chi connectivity index (χ1n) is 8.21. The molecule has 1 aliphatic rings. The van der Waals surface area contributed by atoms with Crippen LogP contribution < -0.4 is 11.1 Å². The highest BCUT2D eigenvalue weighted by Gasteiger charge is 2.19.